The van der Waals surface area contributed by atoms with Crippen molar-refractivity contribution in [3.8, 4) is 0 Å². The van der Waals surface area contributed by atoms with Crippen LogP contribution in [0.5, 0.6) is 0 Å². The van der Waals surface area contributed by atoms with Gasteiger partial charge in [0, 0.05) is 51.4 Å². The van der Waals surface area contributed by atoms with Crippen molar-refractivity contribution in [3.05, 3.63) is 51.5 Å². The van der Waals surface area contributed by atoms with Crippen LogP contribution in [0.15, 0.2) is 23.1 Å². The third-order valence-corrected chi connectivity index (χ3v) is 6.81. The van der Waals surface area contributed by atoms with Crippen molar-refractivity contribution >= 4 is 11.6 Å². The van der Waals surface area contributed by atoms with Crippen LogP contribution in [-0.2, 0) is 12.8 Å². The quantitative estimate of drug-likeness (QED) is 0.755. The molecular formula is C23H30N6O2. The van der Waals surface area contributed by atoms with Crippen LogP contribution in [-0.4, -0.2) is 65.5 Å². The van der Waals surface area contributed by atoms with Gasteiger partial charge in [-0.25, -0.2) is 9.97 Å². The molecule has 0 spiro atoms. The number of aromatic nitrogens is 3. The molecule has 0 bridgehead atoms. The Labute approximate surface area is 182 Å². The number of aromatic amines is 1. The molecule has 1 amide bonds. The first-order chi connectivity index (χ1) is 15.1. The summed E-state index contributed by atoms with van der Waals surface area (Å²) < 4.78 is 0. The highest BCUT2D eigenvalue weighted by molar-refractivity contribution is 5.92. The highest BCUT2D eigenvalue weighted by atomic mass is 16.1. The van der Waals surface area contributed by atoms with Crippen LogP contribution < -0.4 is 15.8 Å². The molecule has 2 aromatic heterocycles. The van der Waals surface area contributed by atoms with Gasteiger partial charge in [0.15, 0.2) is 0 Å². The normalized spacial score (nSPS) is 21.6. The van der Waals surface area contributed by atoms with Gasteiger partial charge in [-0.1, -0.05) is 0 Å². The number of piperazine rings is 1. The summed E-state index contributed by atoms with van der Waals surface area (Å²) in [7, 11) is 1.61. The van der Waals surface area contributed by atoms with Crippen LogP contribution in [0, 0.1) is 5.92 Å². The Morgan fingerprint density at radius 2 is 2.00 bits per heavy atom. The van der Waals surface area contributed by atoms with Crippen molar-refractivity contribution in [2.75, 3.05) is 44.7 Å². The summed E-state index contributed by atoms with van der Waals surface area (Å²) in [5, 5.41) is 2.60. The fourth-order valence-corrected chi connectivity index (χ4v) is 4.82. The molecule has 2 N–H and O–H groups in total. The molecule has 1 atom stereocenters. The minimum absolute atomic E-state index is 0.0339. The van der Waals surface area contributed by atoms with E-state index in [2.05, 4.69) is 25.1 Å². The monoisotopic (exact) mass is 422 g/mol. The number of nitrogens with one attached hydrogen (secondary N) is 2. The summed E-state index contributed by atoms with van der Waals surface area (Å²) in [5.41, 5.74) is 4.49. The summed E-state index contributed by atoms with van der Waals surface area (Å²) in [6.07, 6.45) is 7.04. The molecule has 8 nitrogen and oxygen atoms in total. The number of rotatable bonds is 5. The Morgan fingerprint density at radius 1 is 1.19 bits per heavy atom. The SMILES string of the molecule is CNC(=O)c1ccc(N2CCN(C[C@H]3CCc4nc(C5CC5)c(=O)[nH]c4C3)CC2)cn1. The standard InChI is InChI=1S/C23H30N6O2/c1-24-22(30)19-7-5-17(13-25-19)29-10-8-28(9-11-29)14-15-2-6-18-20(12-15)27-23(31)21(26-18)16-3-4-16/h5,7,13,15-16H,2-4,6,8-12,14H2,1H3,(H,24,30)(H,27,31)/t15-/m0/s1. The van der Waals surface area contributed by atoms with Crippen molar-refractivity contribution < 1.29 is 4.79 Å². The van der Waals surface area contributed by atoms with Gasteiger partial charge in [0.25, 0.3) is 11.5 Å². The maximum absolute atomic E-state index is 12.4. The van der Waals surface area contributed by atoms with Gasteiger partial charge in [-0.15, -0.1) is 0 Å². The van der Waals surface area contributed by atoms with Gasteiger partial charge in [0.1, 0.15) is 11.4 Å². The van der Waals surface area contributed by atoms with E-state index >= 15 is 0 Å². The Balaban J connectivity index is 1.15. The number of nitrogens with zero attached hydrogens (tertiary/aromatic N) is 4. The molecule has 0 aromatic carbocycles. The van der Waals surface area contributed by atoms with Gasteiger partial charge < -0.3 is 15.2 Å². The van der Waals surface area contributed by atoms with Gasteiger partial charge in [-0.05, 0) is 50.2 Å². The molecule has 1 saturated carbocycles. The first kappa shape index (κ1) is 20.2. The van der Waals surface area contributed by atoms with Gasteiger partial charge in [-0.3, -0.25) is 14.5 Å². The van der Waals surface area contributed by atoms with Crippen LogP contribution in [0.25, 0.3) is 0 Å². The molecular weight excluding hydrogens is 392 g/mol. The lowest BCUT2D eigenvalue weighted by atomic mass is 9.88. The van der Waals surface area contributed by atoms with E-state index in [1.54, 1.807) is 19.3 Å². The Kier molecular flexibility index (Phi) is 5.48. The fraction of sp³-hybridized carbons (Fsp3) is 0.565. The van der Waals surface area contributed by atoms with E-state index < -0.39 is 0 Å². The number of carbonyl (C=O) groups is 1. The second-order valence-corrected chi connectivity index (χ2v) is 9.03. The second kappa shape index (κ2) is 8.42. The molecule has 2 aliphatic carbocycles. The minimum atomic E-state index is -0.161. The lowest BCUT2D eigenvalue weighted by Gasteiger charge is -2.38. The fourth-order valence-electron chi connectivity index (χ4n) is 4.82. The van der Waals surface area contributed by atoms with E-state index in [9.17, 15) is 9.59 Å². The number of pyridine rings is 1. The molecule has 8 heteroatoms. The zero-order valence-corrected chi connectivity index (χ0v) is 18.1. The van der Waals surface area contributed by atoms with E-state index in [1.807, 2.05) is 6.07 Å². The van der Waals surface area contributed by atoms with E-state index in [4.69, 9.17) is 4.98 Å². The molecule has 5 rings (SSSR count). The predicted octanol–water partition coefficient (Wildman–Crippen LogP) is 1.33. The van der Waals surface area contributed by atoms with Crippen LogP contribution >= 0.6 is 0 Å². The number of anilines is 1. The summed E-state index contributed by atoms with van der Waals surface area (Å²) in [4.78, 5) is 41.0. The number of H-pyrrole nitrogens is 1. The van der Waals surface area contributed by atoms with Gasteiger partial charge in [0.05, 0.1) is 17.6 Å². The smallest absolute Gasteiger partial charge is 0.270 e. The van der Waals surface area contributed by atoms with Gasteiger partial charge >= 0.3 is 0 Å². The van der Waals surface area contributed by atoms with Crippen molar-refractivity contribution in [1.29, 1.82) is 0 Å². The number of hydrogen-bond donors (Lipinski definition) is 2. The van der Waals surface area contributed by atoms with Crippen LogP contribution in [0.2, 0.25) is 0 Å². The second-order valence-electron chi connectivity index (χ2n) is 9.03. The zero-order chi connectivity index (χ0) is 21.4. The molecule has 0 radical (unpaired) electrons. The third kappa shape index (κ3) is 4.35. The third-order valence-electron chi connectivity index (χ3n) is 6.81. The van der Waals surface area contributed by atoms with Crippen LogP contribution in [0.1, 0.15) is 52.8 Å². The summed E-state index contributed by atoms with van der Waals surface area (Å²) in [5.74, 6) is 0.806. The maximum atomic E-state index is 12.4. The van der Waals surface area contributed by atoms with Crippen molar-refractivity contribution in [1.82, 2.24) is 25.2 Å². The number of amides is 1. The zero-order valence-electron chi connectivity index (χ0n) is 18.1. The largest absolute Gasteiger partial charge is 0.368 e. The number of fused-ring (bicyclic) bond motifs is 1. The Bertz CT molecular complexity index is 1010. The summed E-state index contributed by atoms with van der Waals surface area (Å²) in [6, 6.07) is 3.76. The first-order valence-electron chi connectivity index (χ1n) is 11.4. The van der Waals surface area contributed by atoms with Crippen molar-refractivity contribution in [3.63, 3.8) is 0 Å². The van der Waals surface area contributed by atoms with E-state index in [1.165, 1.54) is 0 Å². The molecule has 3 aliphatic rings. The lowest BCUT2D eigenvalue weighted by molar-refractivity contribution is 0.0958. The first-order valence-corrected chi connectivity index (χ1v) is 11.4. The van der Waals surface area contributed by atoms with E-state index in [0.717, 1.165) is 87.6 Å². The Morgan fingerprint density at radius 3 is 2.68 bits per heavy atom. The number of hydrogen-bond acceptors (Lipinski definition) is 6. The van der Waals surface area contributed by atoms with Crippen molar-refractivity contribution in [2.45, 2.75) is 38.0 Å². The average molecular weight is 423 g/mol. The topological polar surface area (TPSA) is 94.2 Å². The number of carbonyl (C=O) groups excluding carboxylic acids is 1. The summed E-state index contributed by atoms with van der Waals surface area (Å²) in [6.45, 7) is 4.99. The average Bonchev–Trinajstić information content (AvgIpc) is 3.64. The van der Waals surface area contributed by atoms with Crippen LogP contribution in [0.4, 0.5) is 5.69 Å². The Hall–Kier alpha value is -2.74. The highest BCUT2D eigenvalue weighted by Crippen LogP contribution is 2.37. The predicted molar refractivity (Wildman–Crippen MR) is 119 cm³/mol. The minimum Gasteiger partial charge on any atom is -0.368 e. The van der Waals surface area contributed by atoms with Gasteiger partial charge in [-0.2, -0.15) is 0 Å². The molecule has 2 fully saturated rings. The van der Waals surface area contributed by atoms with Crippen molar-refractivity contribution in [2.24, 2.45) is 5.92 Å². The summed E-state index contributed by atoms with van der Waals surface area (Å²) >= 11 is 0. The molecule has 0 unspecified atom stereocenters. The molecule has 1 saturated heterocycles. The molecule has 1 aliphatic heterocycles. The molecule has 31 heavy (non-hydrogen) atoms. The van der Waals surface area contributed by atoms with Crippen LogP contribution in [0.3, 0.4) is 0 Å². The number of aryl methyl sites for hydroxylation is 1. The van der Waals surface area contributed by atoms with E-state index in [0.29, 0.717) is 17.5 Å². The highest BCUT2D eigenvalue weighted by Gasteiger charge is 2.31. The maximum Gasteiger partial charge on any atom is 0.270 e. The van der Waals surface area contributed by atoms with Gasteiger partial charge in [0.2, 0.25) is 0 Å². The molecule has 164 valence electrons. The van der Waals surface area contributed by atoms with E-state index in [-0.39, 0.29) is 11.5 Å². The molecule has 3 heterocycles. The molecule has 2 aromatic rings. The lowest BCUT2D eigenvalue weighted by Crippen LogP contribution is -2.48.